The van der Waals surface area contributed by atoms with E-state index in [1.54, 1.807) is 24.3 Å². The highest BCUT2D eigenvalue weighted by Gasteiger charge is 2.11. The van der Waals surface area contributed by atoms with Gasteiger partial charge in [-0.2, -0.15) is 4.98 Å². The van der Waals surface area contributed by atoms with Crippen LogP contribution in [0.15, 0.2) is 35.2 Å². The molecule has 1 heterocycles. The molecule has 2 rings (SSSR count). The third kappa shape index (κ3) is 3.17. The maximum absolute atomic E-state index is 11.9. The molecule has 6 heteroatoms. The van der Waals surface area contributed by atoms with E-state index in [-0.39, 0.29) is 18.6 Å². The number of nitrogens with zero attached hydrogens (tertiary/aromatic N) is 2. The van der Waals surface area contributed by atoms with Crippen molar-refractivity contribution >= 4 is 5.91 Å². The fraction of sp³-hybridized carbons (Fsp3) is 0.308. The Labute approximate surface area is 110 Å². The third-order valence-electron chi connectivity index (χ3n) is 2.81. The molecule has 0 saturated heterocycles. The highest BCUT2D eigenvalue weighted by Crippen LogP contribution is 2.15. The molecule has 6 nitrogen and oxygen atoms in total. The lowest BCUT2D eigenvalue weighted by Crippen LogP contribution is -2.36. The molecule has 0 aliphatic rings. The van der Waals surface area contributed by atoms with Crippen molar-refractivity contribution in [1.29, 1.82) is 0 Å². The summed E-state index contributed by atoms with van der Waals surface area (Å²) in [7, 11) is 0. The fourth-order valence-corrected chi connectivity index (χ4v) is 1.61. The molecule has 0 radical (unpaired) electrons. The van der Waals surface area contributed by atoms with Gasteiger partial charge in [-0.15, -0.1) is 0 Å². The second-order valence-corrected chi connectivity index (χ2v) is 4.09. The van der Waals surface area contributed by atoms with Crippen molar-refractivity contribution in [2.24, 2.45) is 0 Å². The number of carbonyl (C=O) groups excluding carboxylic acids is 1. The quantitative estimate of drug-likeness (QED) is 0.845. The van der Waals surface area contributed by atoms with Gasteiger partial charge in [-0.3, -0.25) is 4.79 Å². The fourth-order valence-electron chi connectivity index (χ4n) is 1.61. The molecule has 0 spiro atoms. The van der Waals surface area contributed by atoms with Crippen molar-refractivity contribution in [3.8, 4) is 11.4 Å². The maximum Gasteiger partial charge on any atom is 0.251 e. The lowest BCUT2D eigenvalue weighted by molar-refractivity contribution is 0.0915. The predicted molar refractivity (Wildman–Crippen MR) is 68.4 cm³/mol. The van der Waals surface area contributed by atoms with E-state index in [1.165, 1.54) is 6.39 Å². The van der Waals surface area contributed by atoms with E-state index in [1.807, 2.05) is 6.92 Å². The molecule has 0 fully saturated rings. The Morgan fingerprint density at radius 1 is 1.42 bits per heavy atom. The number of rotatable bonds is 5. The Morgan fingerprint density at radius 3 is 2.68 bits per heavy atom. The summed E-state index contributed by atoms with van der Waals surface area (Å²) in [5.41, 5.74) is 1.30. The number of benzene rings is 1. The van der Waals surface area contributed by atoms with Gasteiger partial charge in [0.05, 0.1) is 12.6 Å². The number of aliphatic hydroxyl groups excluding tert-OH is 1. The van der Waals surface area contributed by atoms with Gasteiger partial charge in [-0.25, -0.2) is 0 Å². The molecular formula is C13H15N3O3. The summed E-state index contributed by atoms with van der Waals surface area (Å²) in [6.45, 7) is 1.84. The zero-order valence-electron chi connectivity index (χ0n) is 10.5. The first kappa shape index (κ1) is 13.2. The van der Waals surface area contributed by atoms with Crippen LogP contribution in [0.5, 0.6) is 0 Å². The second-order valence-electron chi connectivity index (χ2n) is 4.09. The molecular weight excluding hydrogens is 246 g/mol. The minimum Gasteiger partial charge on any atom is -0.394 e. The van der Waals surface area contributed by atoms with E-state index in [2.05, 4.69) is 20.0 Å². The lowest BCUT2D eigenvalue weighted by Gasteiger charge is -2.13. The van der Waals surface area contributed by atoms with Crippen LogP contribution in [0.2, 0.25) is 0 Å². The van der Waals surface area contributed by atoms with E-state index < -0.39 is 0 Å². The number of aliphatic hydroxyl groups is 1. The summed E-state index contributed by atoms with van der Waals surface area (Å²) in [6.07, 6.45) is 1.94. The van der Waals surface area contributed by atoms with Crippen LogP contribution < -0.4 is 5.32 Å². The van der Waals surface area contributed by atoms with Crippen LogP contribution >= 0.6 is 0 Å². The van der Waals surface area contributed by atoms with Crippen LogP contribution in [-0.2, 0) is 0 Å². The third-order valence-corrected chi connectivity index (χ3v) is 2.81. The standard InChI is InChI=1S/C13H15N3O3/c1-2-11(7-17)15-13(18)10-5-3-9(4-6-10)12-14-8-19-16-12/h3-6,8,11,17H,2,7H2,1H3,(H,15,18). The van der Waals surface area contributed by atoms with Crippen molar-refractivity contribution in [2.45, 2.75) is 19.4 Å². The van der Waals surface area contributed by atoms with Gasteiger partial charge in [-0.05, 0) is 18.6 Å². The molecule has 1 unspecified atom stereocenters. The van der Waals surface area contributed by atoms with Crippen LogP contribution in [0.1, 0.15) is 23.7 Å². The predicted octanol–water partition coefficient (Wildman–Crippen LogP) is 1.24. The Bertz CT molecular complexity index is 519. The summed E-state index contributed by atoms with van der Waals surface area (Å²) >= 11 is 0. The van der Waals surface area contributed by atoms with E-state index in [0.29, 0.717) is 17.8 Å². The van der Waals surface area contributed by atoms with Crippen molar-refractivity contribution in [1.82, 2.24) is 15.5 Å². The van der Waals surface area contributed by atoms with Crippen molar-refractivity contribution in [3.05, 3.63) is 36.2 Å². The zero-order valence-corrected chi connectivity index (χ0v) is 10.5. The van der Waals surface area contributed by atoms with Crippen LogP contribution in [-0.4, -0.2) is 33.8 Å². The van der Waals surface area contributed by atoms with Crippen LogP contribution in [0.3, 0.4) is 0 Å². The number of amides is 1. The minimum absolute atomic E-state index is 0.0663. The lowest BCUT2D eigenvalue weighted by atomic mass is 10.1. The summed E-state index contributed by atoms with van der Waals surface area (Å²) < 4.78 is 4.66. The number of hydrogen-bond acceptors (Lipinski definition) is 5. The molecule has 0 aliphatic heterocycles. The van der Waals surface area contributed by atoms with Gasteiger partial charge in [0.1, 0.15) is 0 Å². The summed E-state index contributed by atoms with van der Waals surface area (Å²) in [6, 6.07) is 6.65. The molecule has 2 N–H and O–H groups in total. The van der Waals surface area contributed by atoms with Crippen LogP contribution in [0, 0.1) is 0 Å². The van der Waals surface area contributed by atoms with E-state index in [0.717, 1.165) is 5.56 Å². The van der Waals surface area contributed by atoms with Gasteiger partial charge in [0.2, 0.25) is 12.2 Å². The molecule has 1 atom stereocenters. The SMILES string of the molecule is CCC(CO)NC(=O)c1ccc(-c2ncon2)cc1. The minimum atomic E-state index is -0.218. The van der Waals surface area contributed by atoms with Gasteiger partial charge in [0.15, 0.2) is 0 Å². The topological polar surface area (TPSA) is 88.2 Å². The molecule has 100 valence electrons. The molecule has 2 aromatic rings. The largest absolute Gasteiger partial charge is 0.394 e. The number of carbonyl (C=O) groups is 1. The van der Waals surface area contributed by atoms with Gasteiger partial charge < -0.3 is 14.9 Å². The number of aromatic nitrogens is 2. The average Bonchev–Trinajstić information content (AvgIpc) is 2.99. The zero-order chi connectivity index (χ0) is 13.7. The van der Waals surface area contributed by atoms with Crippen LogP contribution in [0.4, 0.5) is 0 Å². The van der Waals surface area contributed by atoms with Crippen molar-refractivity contribution < 1.29 is 14.4 Å². The van der Waals surface area contributed by atoms with Gasteiger partial charge >= 0.3 is 0 Å². The molecule has 1 aromatic carbocycles. The van der Waals surface area contributed by atoms with E-state index in [4.69, 9.17) is 5.11 Å². The average molecular weight is 261 g/mol. The first-order valence-corrected chi connectivity index (χ1v) is 6.03. The molecule has 0 aliphatic carbocycles. The highest BCUT2D eigenvalue weighted by atomic mass is 16.5. The van der Waals surface area contributed by atoms with Gasteiger partial charge in [0, 0.05) is 11.1 Å². The van der Waals surface area contributed by atoms with Gasteiger partial charge in [0.25, 0.3) is 5.91 Å². The second kappa shape index (κ2) is 6.10. The monoisotopic (exact) mass is 261 g/mol. The summed E-state index contributed by atoms with van der Waals surface area (Å²) in [5.74, 6) is 0.273. The Balaban J connectivity index is 2.08. The Hall–Kier alpha value is -2.21. The molecule has 19 heavy (non-hydrogen) atoms. The number of hydrogen-bond donors (Lipinski definition) is 2. The van der Waals surface area contributed by atoms with Crippen molar-refractivity contribution in [3.63, 3.8) is 0 Å². The van der Waals surface area contributed by atoms with Crippen molar-refractivity contribution in [2.75, 3.05) is 6.61 Å². The molecule has 0 bridgehead atoms. The maximum atomic E-state index is 11.9. The normalized spacial score (nSPS) is 12.1. The molecule has 1 aromatic heterocycles. The van der Waals surface area contributed by atoms with Gasteiger partial charge in [-0.1, -0.05) is 24.2 Å². The molecule has 0 saturated carbocycles. The first-order chi connectivity index (χ1) is 9.24. The first-order valence-electron chi connectivity index (χ1n) is 6.03. The van der Waals surface area contributed by atoms with Crippen LogP contribution in [0.25, 0.3) is 11.4 Å². The van der Waals surface area contributed by atoms with E-state index in [9.17, 15) is 4.79 Å². The van der Waals surface area contributed by atoms with E-state index >= 15 is 0 Å². The highest BCUT2D eigenvalue weighted by molar-refractivity contribution is 5.94. The smallest absolute Gasteiger partial charge is 0.251 e. The Kier molecular flexibility index (Phi) is 4.25. The summed E-state index contributed by atoms with van der Waals surface area (Å²) in [4.78, 5) is 15.8. The number of nitrogens with one attached hydrogen (secondary N) is 1. The molecule has 1 amide bonds. The Morgan fingerprint density at radius 2 is 2.16 bits per heavy atom. The summed E-state index contributed by atoms with van der Waals surface area (Å²) in [5, 5.41) is 15.5.